The molecule has 0 bridgehead atoms. The second kappa shape index (κ2) is 6.56. The molecule has 1 aliphatic rings. The van der Waals surface area contributed by atoms with Gasteiger partial charge in [0.25, 0.3) is 0 Å². The molecule has 0 unspecified atom stereocenters. The van der Waals surface area contributed by atoms with E-state index in [1.54, 1.807) is 4.90 Å². The lowest BCUT2D eigenvalue weighted by molar-refractivity contribution is -0.116. The van der Waals surface area contributed by atoms with Crippen LogP contribution >= 0.6 is 15.9 Å². The van der Waals surface area contributed by atoms with Crippen LogP contribution in [0.3, 0.4) is 0 Å². The van der Waals surface area contributed by atoms with Gasteiger partial charge in [0.2, 0.25) is 5.91 Å². The van der Waals surface area contributed by atoms with Gasteiger partial charge in [0, 0.05) is 24.0 Å². The Hall–Kier alpha value is -1.56. The van der Waals surface area contributed by atoms with Gasteiger partial charge in [0.05, 0.1) is 12.3 Å². The van der Waals surface area contributed by atoms with Crippen molar-refractivity contribution in [2.24, 2.45) is 0 Å². The van der Waals surface area contributed by atoms with Gasteiger partial charge in [-0.3, -0.25) is 4.79 Å². The summed E-state index contributed by atoms with van der Waals surface area (Å²) in [6.07, 6.45) is 0.744. The van der Waals surface area contributed by atoms with E-state index in [4.69, 9.17) is 4.74 Å². The minimum absolute atomic E-state index is 0.120. The molecule has 6 heteroatoms. The molecule has 1 heterocycles. The van der Waals surface area contributed by atoms with Crippen molar-refractivity contribution in [3.05, 3.63) is 28.7 Å². The monoisotopic (exact) mass is 326 g/mol. The molecule has 0 aliphatic carbocycles. The first-order valence-corrected chi connectivity index (χ1v) is 6.92. The fourth-order valence-corrected chi connectivity index (χ4v) is 2.20. The Morgan fingerprint density at radius 3 is 2.95 bits per heavy atom. The molecule has 1 aromatic carbocycles. The summed E-state index contributed by atoms with van der Waals surface area (Å²) in [5, 5.41) is 2.80. The van der Waals surface area contributed by atoms with E-state index in [1.165, 1.54) is 0 Å². The highest BCUT2D eigenvalue weighted by atomic mass is 79.9. The summed E-state index contributed by atoms with van der Waals surface area (Å²) in [4.78, 5) is 24.7. The molecule has 0 radical (unpaired) electrons. The van der Waals surface area contributed by atoms with Crippen molar-refractivity contribution >= 4 is 33.6 Å². The van der Waals surface area contributed by atoms with Gasteiger partial charge in [-0.1, -0.05) is 12.1 Å². The molecule has 1 fully saturated rings. The zero-order chi connectivity index (χ0) is 13.7. The number of nitrogens with zero attached hydrogens (tertiary/aromatic N) is 1. The van der Waals surface area contributed by atoms with E-state index < -0.39 is 0 Å². The van der Waals surface area contributed by atoms with Crippen LogP contribution in [0.5, 0.6) is 0 Å². The number of hydrogen-bond donors (Lipinski definition) is 1. The van der Waals surface area contributed by atoms with Crippen molar-refractivity contribution in [3.8, 4) is 0 Å². The minimum Gasteiger partial charge on any atom is -0.449 e. The van der Waals surface area contributed by atoms with Gasteiger partial charge in [0.1, 0.15) is 0 Å². The second-order valence-corrected chi connectivity index (χ2v) is 5.09. The molecular weight excluding hydrogens is 312 g/mol. The number of cyclic esters (lactones) is 1. The summed E-state index contributed by atoms with van der Waals surface area (Å²) in [5.41, 5.74) is 0.730. The normalized spacial score (nSPS) is 15.0. The van der Waals surface area contributed by atoms with Crippen molar-refractivity contribution in [2.75, 3.05) is 25.0 Å². The molecule has 0 aromatic heterocycles. The van der Waals surface area contributed by atoms with E-state index in [-0.39, 0.29) is 18.4 Å². The predicted octanol–water partition coefficient (Wildman–Crippen LogP) is 2.62. The number of anilines is 1. The minimum atomic E-state index is -0.333. The molecule has 102 valence electrons. The summed E-state index contributed by atoms with van der Waals surface area (Å²) in [7, 11) is 0. The highest BCUT2D eigenvalue weighted by molar-refractivity contribution is 9.10. The van der Waals surface area contributed by atoms with Crippen LogP contribution < -0.4 is 5.32 Å². The average Bonchev–Trinajstić information content (AvgIpc) is 2.40. The molecule has 1 N–H and O–H groups in total. The largest absolute Gasteiger partial charge is 0.449 e. The number of hydrogen-bond acceptors (Lipinski definition) is 3. The lowest BCUT2D eigenvalue weighted by Gasteiger charge is -2.25. The Balaban J connectivity index is 1.81. The van der Waals surface area contributed by atoms with Crippen LogP contribution in [0.4, 0.5) is 10.5 Å². The molecule has 2 rings (SSSR count). The number of nitrogens with one attached hydrogen (secondary N) is 1. The summed E-state index contributed by atoms with van der Waals surface area (Å²) >= 11 is 3.36. The molecule has 19 heavy (non-hydrogen) atoms. The van der Waals surface area contributed by atoms with Crippen molar-refractivity contribution in [1.82, 2.24) is 4.90 Å². The lowest BCUT2D eigenvalue weighted by Crippen LogP contribution is -2.39. The van der Waals surface area contributed by atoms with Gasteiger partial charge in [0.15, 0.2) is 0 Å². The Morgan fingerprint density at radius 2 is 2.21 bits per heavy atom. The van der Waals surface area contributed by atoms with E-state index in [1.807, 2.05) is 24.3 Å². The van der Waals surface area contributed by atoms with E-state index in [0.717, 1.165) is 16.6 Å². The molecule has 2 amide bonds. The van der Waals surface area contributed by atoms with Crippen molar-refractivity contribution in [2.45, 2.75) is 12.8 Å². The number of para-hydroxylation sites is 1. The Kier molecular flexibility index (Phi) is 4.79. The van der Waals surface area contributed by atoms with Gasteiger partial charge in [-0.15, -0.1) is 0 Å². The van der Waals surface area contributed by atoms with E-state index in [9.17, 15) is 9.59 Å². The molecule has 5 nitrogen and oxygen atoms in total. The van der Waals surface area contributed by atoms with Crippen molar-refractivity contribution < 1.29 is 14.3 Å². The third-order valence-corrected chi connectivity index (χ3v) is 3.50. The van der Waals surface area contributed by atoms with Crippen LogP contribution in [0.25, 0.3) is 0 Å². The standard InChI is InChI=1S/C13H15BrN2O3/c14-10-4-1-2-5-11(10)15-12(17)6-8-16-7-3-9-19-13(16)18/h1-2,4-5H,3,6-9H2,(H,15,17). The topological polar surface area (TPSA) is 58.6 Å². The Morgan fingerprint density at radius 1 is 1.42 bits per heavy atom. The SMILES string of the molecule is O=C(CCN1CCCOC1=O)Nc1ccccc1Br. The third kappa shape index (κ3) is 3.96. The quantitative estimate of drug-likeness (QED) is 0.925. The first-order valence-electron chi connectivity index (χ1n) is 6.13. The number of carbonyl (C=O) groups excluding carboxylic acids is 2. The van der Waals surface area contributed by atoms with Crippen LogP contribution in [-0.4, -0.2) is 36.6 Å². The number of benzene rings is 1. The van der Waals surface area contributed by atoms with E-state index in [2.05, 4.69) is 21.2 Å². The summed E-state index contributed by atoms with van der Waals surface area (Å²) < 4.78 is 5.74. The molecular formula is C13H15BrN2O3. The first-order chi connectivity index (χ1) is 9.16. The zero-order valence-electron chi connectivity index (χ0n) is 10.4. The lowest BCUT2D eigenvalue weighted by atomic mass is 10.3. The highest BCUT2D eigenvalue weighted by Gasteiger charge is 2.20. The van der Waals surface area contributed by atoms with Crippen molar-refractivity contribution in [3.63, 3.8) is 0 Å². The van der Waals surface area contributed by atoms with Crippen LogP contribution in [0, 0.1) is 0 Å². The fraction of sp³-hybridized carbons (Fsp3) is 0.385. The molecule has 1 aliphatic heterocycles. The van der Waals surface area contributed by atoms with Gasteiger partial charge in [-0.2, -0.15) is 0 Å². The number of amides is 2. The maximum atomic E-state index is 11.8. The van der Waals surface area contributed by atoms with Crippen LogP contribution in [-0.2, 0) is 9.53 Å². The third-order valence-electron chi connectivity index (χ3n) is 2.81. The van der Waals surface area contributed by atoms with Gasteiger partial charge in [-0.25, -0.2) is 4.79 Å². The molecule has 0 spiro atoms. The summed E-state index contributed by atoms with van der Waals surface area (Å²) in [6, 6.07) is 7.40. The van der Waals surface area contributed by atoms with Crippen LogP contribution in [0.1, 0.15) is 12.8 Å². The maximum absolute atomic E-state index is 11.8. The first kappa shape index (κ1) is 13.9. The summed E-state index contributed by atoms with van der Waals surface area (Å²) in [5.74, 6) is -0.120. The molecule has 0 atom stereocenters. The van der Waals surface area contributed by atoms with Crippen LogP contribution in [0.15, 0.2) is 28.7 Å². The molecule has 0 saturated carbocycles. The number of rotatable bonds is 4. The van der Waals surface area contributed by atoms with E-state index >= 15 is 0 Å². The smallest absolute Gasteiger partial charge is 0.409 e. The van der Waals surface area contributed by atoms with E-state index in [0.29, 0.717) is 19.7 Å². The molecule has 1 saturated heterocycles. The Labute approximate surface area is 120 Å². The molecule has 1 aromatic rings. The van der Waals surface area contributed by atoms with Crippen molar-refractivity contribution in [1.29, 1.82) is 0 Å². The average molecular weight is 327 g/mol. The van der Waals surface area contributed by atoms with Gasteiger partial charge < -0.3 is 15.0 Å². The van der Waals surface area contributed by atoms with Crippen LogP contribution in [0.2, 0.25) is 0 Å². The second-order valence-electron chi connectivity index (χ2n) is 4.23. The highest BCUT2D eigenvalue weighted by Crippen LogP contribution is 2.21. The Bertz CT molecular complexity index is 479. The number of ether oxygens (including phenoxy) is 1. The number of halogens is 1. The van der Waals surface area contributed by atoms with Gasteiger partial charge >= 0.3 is 6.09 Å². The summed E-state index contributed by atoms with van der Waals surface area (Å²) in [6.45, 7) is 1.51. The number of carbonyl (C=O) groups is 2. The zero-order valence-corrected chi connectivity index (χ0v) is 12.0. The van der Waals surface area contributed by atoms with Gasteiger partial charge in [-0.05, 0) is 34.5 Å². The predicted molar refractivity (Wildman–Crippen MR) is 74.9 cm³/mol. The fourth-order valence-electron chi connectivity index (χ4n) is 1.81. The maximum Gasteiger partial charge on any atom is 0.409 e.